The van der Waals surface area contributed by atoms with Crippen molar-refractivity contribution in [2.45, 2.75) is 39.3 Å². The van der Waals surface area contributed by atoms with Crippen molar-refractivity contribution in [3.05, 3.63) is 28.7 Å². The van der Waals surface area contributed by atoms with E-state index in [1.54, 1.807) is 4.90 Å². The normalized spacial score (nSPS) is 19.2. The van der Waals surface area contributed by atoms with E-state index in [2.05, 4.69) is 27.8 Å². The molecule has 0 bridgehead atoms. The Bertz CT molecular complexity index is 542. The summed E-state index contributed by atoms with van der Waals surface area (Å²) in [6.07, 6.45) is -0.222. The number of nitrogens with zero attached hydrogens (tertiary/aromatic N) is 2. The van der Waals surface area contributed by atoms with Crippen LogP contribution in [0, 0.1) is 0 Å². The number of piperazine rings is 1. The Hall–Kier alpha value is -1.27. The number of hydrogen-bond donors (Lipinski definition) is 0. The zero-order chi connectivity index (χ0) is 17.7. The first-order chi connectivity index (χ1) is 11.2. The van der Waals surface area contributed by atoms with Crippen molar-refractivity contribution >= 4 is 22.0 Å². The zero-order valence-corrected chi connectivity index (χ0v) is 16.5. The second-order valence-electron chi connectivity index (χ2n) is 7.11. The van der Waals surface area contributed by atoms with E-state index in [1.807, 2.05) is 45.0 Å². The number of rotatable bonds is 4. The summed E-state index contributed by atoms with van der Waals surface area (Å²) < 4.78 is 12.3. The molecule has 24 heavy (non-hydrogen) atoms. The van der Waals surface area contributed by atoms with Crippen LogP contribution in [0.1, 0.15) is 27.7 Å². The van der Waals surface area contributed by atoms with Crippen LogP contribution in [0.2, 0.25) is 0 Å². The van der Waals surface area contributed by atoms with Crippen LogP contribution < -0.4 is 4.74 Å². The lowest BCUT2D eigenvalue weighted by molar-refractivity contribution is 0.00430. The maximum absolute atomic E-state index is 12.1. The summed E-state index contributed by atoms with van der Waals surface area (Å²) in [5, 5.41) is 0. The van der Waals surface area contributed by atoms with Gasteiger partial charge in [-0.1, -0.05) is 15.9 Å². The fourth-order valence-corrected chi connectivity index (χ4v) is 2.90. The molecule has 2 rings (SSSR count). The molecular weight excluding hydrogens is 372 g/mol. The van der Waals surface area contributed by atoms with Crippen LogP contribution in [-0.2, 0) is 4.74 Å². The SMILES string of the molecule is CC1CN(C(=O)OC(C)(C)C)CCN1CCOc1ccc(Br)cc1. The molecule has 1 aliphatic rings. The van der Waals surface area contributed by atoms with Crippen molar-refractivity contribution in [2.24, 2.45) is 0 Å². The number of amides is 1. The lowest BCUT2D eigenvalue weighted by Crippen LogP contribution is -2.55. The Balaban J connectivity index is 1.75. The van der Waals surface area contributed by atoms with Gasteiger partial charge in [-0.05, 0) is 52.0 Å². The molecule has 1 aromatic rings. The minimum Gasteiger partial charge on any atom is -0.492 e. The Morgan fingerprint density at radius 1 is 1.25 bits per heavy atom. The smallest absolute Gasteiger partial charge is 0.410 e. The van der Waals surface area contributed by atoms with Gasteiger partial charge < -0.3 is 14.4 Å². The van der Waals surface area contributed by atoms with Gasteiger partial charge in [-0.25, -0.2) is 4.79 Å². The first kappa shape index (κ1) is 19.1. The van der Waals surface area contributed by atoms with Gasteiger partial charge in [0.1, 0.15) is 18.0 Å². The largest absolute Gasteiger partial charge is 0.492 e. The monoisotopic (exact) mass is 398 g/mol. The topological polar surface area (TPSA) is 42.0 Å². The van der Waals surface area contributed by atoms with Gasteiger partial charge in [0.15, 0.2) is 0 Å². The van der Waals surface area contributed by atoms with E-state index < -0.39 is 5.60 Å². The van der Waals surface area contributed by atoms with Crippen molar-refractivity contribution in [3.8, 4) is 5.75 Å². The highest BCUT2D eigenvalue weighted by Gasteiger charge is 2.29. The van der Waals surface area contributed by atoms with Gasteiger partial charge in [-0.2, -0.15) is 0 Å². The zero-order valence-electron chi connectivity index (χ0n) is 14.9. The molecule has 1 fully saturated rings. The average Bonchev–Trinajstić information content (AvgIpc) is 2.49. The van der Waals surface area contributed by atoms with Crippen molar-refractivity contribution in [1.82, 2.24) is 9.80 Å². The van der Waals surface area contributed by atoms with Gasteiger partial charge in [0.05, 0.1) is 0 Å². The molecular formula is C18H27BrN2O3. The summed E-state index contributed by atoms with van der Waals surface area (Å²) in [5.74, 6) is 0.873. The van der Waals surface area contributed by atoms with Crippen LogP contribution in [-0.4, -0.2) is 60.3 Å². The molecule has 1 atom stereocenters. The molecule has 0 aromatic heterocycles. The Labute approximate surface area is 153 Å². The lowest BCUT2D eigenvalue weighted by Gasteiger charge is -2.40. The molecule has 6 heteroatoms. The molecule has 0 radical (unpaired) electrons. The summed E-state index contributed by atoms with van der Waals surface area (Å²) in [5.41, 5.74) is -0.448. The molecule has 1 aromatic carbocycles. The minimum atomic E-state index is -0.448. The Morgan fingerprint density at radius 3 is 2.50 bits per heavy atom. The number of halogens is 1. The van der Waals surface area contributed by atoms with Crippen molar-refractivity contribution in [1.29, 1.82) is 0 Å². The highest BCUT2D eigenvalue weighted by molar-refractivity contribution is 9.10. The molecule has 0 N–H and O–H groups in total. The molecule has 1 saturated heterocycles. The van der Waals surface area contributed by atoms with E-state index in [4.69, 9.17) is 9.47 Å². The van der Waals surface area contributed by atoms with E-state index in [0.29, 0.717) is 25.7 Å². The maximum Gasteiger partial charge on any atom is 0.410 e. The third-order valence-electron chi connectivity index (χ3n) is 3.88. The lowest BCUT2D eigenvalue weighted by atomic mass is 10.2. The molecule has 1 aliphatic heterocycles. The number of ether oxygens (including phenoxy) is 2. The second-order valence-corrected chi connectivity index (χ2v) is 8.03. The standard InChI is InChI=1S/C18H27BrN2O3/c1-14-13-21(17(22)24-18(2,3)4)10-9-20(14)11-12-23-16-7-5-15(19)6-8-16/h5-8,14H,9-13H2,1-4H3. The third kappa shape index (κ3) is 5.98. The van der Waals surface area contributed by atoms with Gasteiger partial charge in [-0.3, -0.25) is 4.90 Å². The van der Waals surface area contributed by atoms with E-state index in [-0.39, 0.29) is 6.09 Å². The van der Waals surface area contributed by atoms with Crippen LogP contribution >= 0.6 is 15.9 Å². The van der Waals surface area contributed by atoms with Crippen LogP contribution in [0.5, 0.6) is 5.75 Å². The van der Waals surface area contributed by atoms with Crippen molar-refractivity contribution < 1.29 is 14.3 Å². The van der Waals surface area contributed by atoms with Crippen LogP contribution in [0.25, 0.3) is 0 Å². The summed E-state index contributed by atoms with van der Waals surface area (Å²) in [6.45, 7) is 11.5. The summed E-state index contributed by atoms with van der Waals surface area (Å²) in [6, 6.07) is 8.14. The van der Waals surface area contributed by atoms with Crippen LogP contribution in [0.3, 0.4) is 0 Å². The van der Waals surface area contributed by atoms with Gasteiger partial charge in [0.2, 0.25) is 0 Å². The van der Waals surface area contributed by atoms with E-state index in [9.17, 15) is 4.79 Å². The summed E-state index contributed by atoms with van der Waals surface area (Å²) in [4.78, 5) is 16.3. The molecule has 0 saturated carbocycles. The quantitative estimate of drug-likeness (QED) is 0.773. The Morgan fingerprint density at radius 2 is 1.92 bits per heavy atom. The van der Waals surface area contributed by atoms with E-state index in [1.165, 1.54) is 0 Å². The van der Waals surface area contributed by atoms with Crippen molar-refractivity contribution in [2.75, 3.05) is 32.8 Å². The molecule has 1 amide bonds. The van der Waals surface area contributed by atoms with Gasteiger partial charge >= 0.3 is 6.09 Å². The highest BCUT2D eigenvalue weighted by atomic mass is 79.9. The maximum atomic E-state index is 12.1. The summed E-state index contributed by atoms with van der Waals surface area (Å²) in [7, 11) is 0. The predicted octanol–water partition coefficient (Wildman–Crippen LogP) is 3.77. The number of carbonyl (C=O) groups is 1. The van der Waals surface area contributed by atoms with Gasteiger partial charge in [0, 0.05) is 36.7 Å². The summed E-state index contributed by atoms with van der Waals surface area (Å²) >= 11 is 3.41. The van der Waals surface area contributed by atoms with E-state index >= 15 is 0 Å². The van der Waals surface area contributed by atoms with Crippen LogP contribution in [0.4, 0.5) is 4.79 Å². The minimum absolute atomic E-state index is 0.222. The molecule has 5 nitrogen and oxygen atoms in total. The average molecular weight is 399 g/mol. The molecule has 1 heterocycles. The molecule has 1 unspecified atom stereocenters. The Kier molecular flexibility index (Phi) is 6.52. The fraction of sp³-hybridized carbons (Fsp3) is 0.611. The number of carbonyl (C=O) groups excluding carboxylic acids is 1. The second kappa shape index (κ2) is 8.21. The highest BCUT2D eigenvalue weighted by Crippen LogP contribution is 2.17. The first-order valence-corrected chi connectivity index (χ1v) is 9.14. The third-order valence-corrected chi connectivity index (χ3v) is 4.41. The number of hydrogen-bond acceptors (Lipinski definition) is 4. The fourth-order valence-electron chi connectivity index (χ4n) is 2.63. The first-order valence-electron chi connectivity index (χ1n) is 8.35. The predicted molar refractivity (Wildman–Crippen MR) is 98.5 cm³/mol. The van der Waals surface area contributed by atoms with Gasteiger partial charge in [0.25, 0.3) is 0 Å². The molecule has 0 aliphatic carbocycles. The van der Waals surface area contributed by atoms with Crippen molar-refractivity contribution in [3.63, 3.8) is 0 Å². The number of benzene rings is 1. The van der Waals surface area contributed by atoms with Crippen LogP contribution in [0.15, 0.2) is 28.7 Å². The van der Waals surface area contributed by atoms with Gasteiger partial charge in [-0.15, -0.1) is 0 Å². The molecule has 0 spiro atoms. The molecule has 134 valence electrons. The van der Waals surface area contributed by atoms with E-state index in [0.717, 1.165) is 23.3 Å².